The molecule has 0 saturated heterocycles. The second kappa shape index (κ2) is 8.26. The molecule has 0 aliphatic rings. The number of carbonyl (C=O) groups excluding carboxylic acids is 2. The van der Waals surface area contributed by atoms with Crippen molar-refractivity contribution in [3.63, 3.8) is 0 Å². The van der Waals surface area contributed by atoms with Gasteiger partial charge in [-0.2, -0.15) is 5.10 Å². The number of rotatable bonds is 5. The van der Waals surface area contributed by atoms with Crippen molar-refractivity contribution in [1.82, 2.24) is 15.1 Å². The predicted octanol–water partition coefficient (Wildman–Crippen LogP) is 2.15. The van der Waals surface area contributed by atoms with Gasteiger partial charge in [-0.15, -0.1) is 0 Å². The van der Waals surface area contributed by atoms with Crippen LogP contribution in [0.5, 0.6) is 0 Å². The van der Waals surface area contributed by atoms with Crippen molar-refractivity contribution in [2.75, 3.05) is 18.5 Å². The fourth-order valence-electron chi connectivity index (χ4n) is 2.13. The maximum atomic E-state index is 13.8. The summed E-state index contributed by atoms with van der Waals surface area (Å²) in [6.45, 7) is 5.86. The molecule has 23 heavy (non-hydrogen) atoms. The minimum atomic E-state index is -0.353. The van der Waals surface area contributed by atoms with E-state index in [-0.39, 0.29) is 24.7 Å². The van der Waals surface area contributed by atoms with Crippen molar-refractivity contribution < 1.29 is 14.0 Å². The van der Waals surface area contributed by atoms with Crippen LogP contribution in [-0.2, 0) is 16.6 Å². The van der Waals surface area contributed by atoms with Crippen molar-refractivity contribution in [3.05, 3.63) is 23.5 Å². The van der Waals surface area contributed by atoms with Crippen LogP contribution in [0.25, 0.3) is 10.9 Å². The van der Waals surface area contributed by atoms with Gasteiger partial charge < -0.3 is 5.32 Å². The number of aryl methyl sites for hydroxylation is 2. The fourth-order valence-corrected chi connectivity index (χ4v) is 2.13. The van der Waals surface area contributed by atoms with Crippen LogP contribution in [0, 0.1) is 12.7 Å². The van der Waals surface area contributed by atoms with E-state index in [1.54, 1.807) is 24.7 Å². The molecule has 1 N–H and O–H groups in total. The lowest BCUT2D eigenvalue weighted by Crippen LogP contribution is -2.28. The summed E-state index contributed by atoms with van der Waals surface area (Å²) in [6.07, 6.45) is 0.754. The van der Waals surface area contributed by atoms with Crippen molar-refractivity contribution >= 4 is 29.0 Å². The minimum Gasteiger partial charge on any atom is -0.359 e. The van der Waals surface area contributed by atoms with Crippen LogP contribution in [0.1, 0.15) is 25.8 Å². The van der Waals surface area contributed by atoms with Crippen LogP contribution in [0.2, 0.25) is 0 Å². The summed E-state index contributed by atoms with van der Waals surface area (Å²) in [4.78, 5) is 23.9. The number of carbonyl (C=O) groups is 2. The Balaban J connectivity index is 0.00000127. The first-order chi connectivity index (χ1) is 11.0. The van der Waals surface area contributed by atoms with E-state index in [9.17, 15) is 14.0 Å². The van der Waals surface area contributed by atoms with Crippen LogP contribution in [-0.4, -0.2) is 35.7 Å². The Kier molecular flexibility index (Phi) is 6.68. The maximum absolute atomic E-state index is 13.8. The molecule has 0 radical (unpaired) electrons. The molecule has 2 amide bonds. The second-order valence-electron chi connectivity index (χ2n) is 4.79. The molecule has 0 aliphatic heterocycles. The van der Waals surface area contributed by atoms with E-state index < -0.39 is 0 Å². The first-order valence-corrected chi connectivity index (χ1v) is 7.53. The zero-order chi connectivity index (χ0) is 17.6. The van der Waals surface area contributed by atoms with Gasteiger partial charge in [-0.1, -0.05) is 13.8 Å². The quantitative estimate of drug-likeness (QED) is 0.858. The topological polar surface area (TPSA) is 67.2 Å². The summed E-state index contributed by atoms with van der Waals surface area (Å²) >= 11 is 0. The number of hydrogen-bond acceptors (Lipinski definition) is 3. The van der Waals surface area contributed by atoms with Crippen LogP contribution in [0.3, 0.4) is 0 Å². The van der Waals surface area contributed by atoms with Crippen LogP contribution in [0.15, 0.2) is 12.1 Å². The standard InChI is InChI=1S/C14H17FN4O2.C2H6/c1-9-6-12-10(7-11(9)15)14(17-18(12)3)19(8-20)5-4-13(21)16-2;1-2/h6-8H,4-5H2,1-3H3,(H,16,21);1-2H3. The molecule has 1 heterocycles. The Hall–Kier alpha value is -2.44. The normalized spacial score (nSPS) is 10.0. The third-order valence-corrected chi connectivity index (χ3v) is 3.37. The number of halogens is 1. The van der Waals surface area contributed by atoms with E-state index in [4.69, 9.17) is 0 Å². The molecule has 0 fully saturated rings. The molecule has 1 aromatic carbocycles. The van der Waals surface area contributed by atoms with E-state index in [1.165, 1.54) is 18.0 Å². The zero-order valence-electron chi connectivity index (χ0n) is 14.2. The number of nitrogens with zero attached hydrogens (tertiary/aromatic N) is 3. The molecule has 6 nitrogen and oxygen atoms in total. The number of anilines is 1. The second-order valence-corrected chi connectivity index (χ2v) is 4.79. The highest BCUT2D eigenvalue weighted by atomic mass is 19.1. The molecule has 1 aromatic heterocycles. The Morgan fingerprint density at radius 2 is 2.09 bits per heavy atom. The summed E-state index contributed by atoms with van der Waals surface area (Å²) in [6, 6.07) is 3.05. The highest BCUT2D eigenvalue weighted by molar-refractivity contribution is 5.96. The molecule has 2 rings (SSSR count). The van der Waals surface area contributed by atoms with Gasteiger partial charge in [-0.05, 0) is 24.6 Å². The number of aromatic nitrogens is 2. The predicted molar refractivity (Wildman–Crippen MR) is 88.9 cm³/mol. The third kappa shape index (κ3) is 4.06. The van der Waals surface area contributed by atoms with Gasteiger partial charge >= 0.3 is 0 Å². The Labute approximate surface area is 135 Å². The summed E-state index contributed by atoms with van der Waals surface area (Å²) in [5, 5.41) is 7.29. The molecular weight excluding hydrogens is 299 g/mol. The average molecular weight is 322 g/mol. The smallest absolute Gasteiger partial charge is 0.221 e. The van der Waals surface area contributed by atoms with Crippen LogP contribution < -0.4 is 10.2 Å². The number of nitrogens with one attached hydrogen (secondary N) is 1. The lowest BCUT2D eigenvalue weighted by molar-refractivity contribution is -0.120. The largest absolute Gasteiger partial charge is 0.359 e. The molecular formula is C16H23FN4O2. The molecule has 0 saturated carbocycles. The van der Waals surface area contributed by atoms with Gasteiger partial charge in [0.15, 0.2) is 5.82 Å². The Bertz CT molecular complexity index is 697. The van der Waals surface area contributed by atoms with Gasteiger partial charge in [0.2, 0.25) is 12.3 Å². The maximum Gasteiger partial charge on any atom is 0.221 e. The van der Waals surface area contributed by atoms with E-state index in [1.807, 2.05) is 13.8 Å². The van der Waals surface area contributed by atoms with E-state index >= 15 is 0 Å². The molecule has 0 bridgehead atoms. The first kappa shape index (κ1) is 18.6. The van der Waals surface area contributed by atoms with E-state index in [2.05, 4.69) is 10.4 Å². The minimum absolute atomic E-state index is 0.154. The molecule has 7 heteroatoms. The lowest BCUT2D eigenvalue weighted by atomic mass is 10.1. The molecule has 0 spiro atoms. The van der Waals surface area contributed by atoms with E-state index in [0.717, 1.165) is 5.52 Å². The SMILES string of the molecule is CC.CNC(=O)CCN(C=O)c1nn(C)c2cc(C)c(F)cc12. The number of hydrogen-bond donors (Lipinski definition) is 1. The average Bonchev–Trinajstić information content (AvgIpc) is 2.86. The summed E-state index contributed by atoms with van der Waals surface area (Å²) in [7, 11) is 3.26. The van der Waals surface area contributed by atoms with Crippen molar-refractivity contribution in [2.45, 2.75) is 27.2 Å². The lowest BCUT2D eigenvalue weighted by Gasteiger charge is -2.14. The van der Waals surface area contributed by atoms with E-state index in [0.29, 0.717) is 23.2 Å². The van der Waals surface area contributed by atoms with Gasteiger partial charge in [0, 0.05) is 32.4 Å². The van der Waals surface area contributed by atoms with Crippen molar-refractivity contribution in [1.29, 1.82) is 0 Å². The van der Waals surface area contributed by atoms with Gasteiger partial charge in [0.05, 0.1) is 5.52 Å². The molecule has 0 atom stereocenters. The third-order valence-electron chi connectivity index (χ3n) is 3.37. The van der Waals surface area contributed by atoms with Gasteiger partial charge in [0.25, 0.3) is 0 Å². The zero-order valence-corrected chi connectivity index (χ0v) is 14.2. The Morgan fingerprint density at radius 3 is 2.65 bits per heavy atom. The highest BCUT2D eigenvalue weighted by Crippen LogP contribution is 2.27. The van der Waals surface area contributed by atoms with Crippen LogP contribution >= 0.6 is 0 Å². The molecule has 0 aliphatic carbocycles. The van der Waals surface area contributed by atoms with Gasteiger partial charge in [-0.3, -0.25) is 19.2 Å². The van der Waals surface area contributed by atoms with Crippen molar-refractivity contribution in [3.8, 4) is 0 Å². The molecule has 0 unspecified atom stereocenters. The summed E-state index contributed by atoms with van der Waals surface area (Å²) < 4.78 is 15.4. The molecule has 2 aromatic rings. The van der Waals surface area contributed by atoms with Crippen LogP contribution in [0.4, 0.5) is 10.2 Å². The highest BCUT2D eigenvalue weighted by Gasteiger charge is 2.17. The monoisotopic (exact) mass is 322 g/mol. The number of fused-ring (bicyclic) bond motifs is 1. The summed E-state index contributed by atoms with van der Waals surface area (Å²) in [5.41, 5.74) is 1.25. The number of amides is 2. The molecule has 126 valence electrons. The number of benzene rings is 1. The fraction of sp³-hybridized carbons (Fsp3) is 0.438. The summed E-state index contributed by atoms with van der Waals surface area (Å²) in [5.74, 6) is -0.177. The van der Waals surface area contributed by atoms with Gasteiger partial charge in [-0.25, -0.2) is 4.39 Å². The Morgan fingerprint density at radius 1 is 1.43 bits per heavy atom. The first-order valence-electron chi connectivity index (χ1n) is 7.53. The van der Waals surface area contributed by atoms with Crippen molar-refractivity contribution in [2.24, 2.45) is 7.05 Å². The van der Waals surface area contributed by atoms with Gasteiger partial charge in [0.1, 0.15) is 5.82 Å².